The molecular weight excluding hydrogens is 163 g/mol. The summed E-state index contributed by atoms with van der Waals surface area (Å²) in [6, 6.07) is 3.63. The Balaban J connectivity index is 2.81. The Labute approximate surface area is 78.3 Å². The minimum atomic E-state index is -0.115. The maximum Gasteiger partial charge on any atom is 0.216 e. The molecule has 1 aromatic heterocycles. The summed E-state index contributed by atoms with van der Waals surface area (Å²) in [6.45, 7) is 5.70. The molecule has 0 spiro atoms. The predicted octanol–water partition coefficient (Wildman–Crippen LogP) is 1.28. The zero-order valence-electron chi connectivity index (χ0n) is 7.79. The summed E-state index contributed by atoms with van der Waals surface area (Å²) in [5.74, 6) is 0.452. The summed E-state index contributed by atoms with van der Waals surface area (Å²) >= 11 is 0. The largest absolute Gasteiger partial charge is 0.320 e. The van der Waals surface area contributed by atoms with E-state index >= 15 is 0 Å². The average Bonchev–Trinajstić information content (AvgIpc) is 2.04. The highest BCUT2D eigenvalue weighted by atomic mass is 16.1. The Kier molecular flexibility index (Phi) is 2.85. The topological polar surface area (TPSA) is 42.0 Å². The average molecular weight is 174 g/mol. The van der Waals surface area contributed by atoms with Crippen molar-refractivity contribution in [1.29, 1.82) is 0 Å². The molecule has 0 saturated carbocycles. The second kappa shape index (κ2) is 3.89. The van der Waals surface area contributed by atoms with Gasteiger partial charge in [0.15, 0.2) is 5.81 Å². The van der Waals surface area contributed by atoms with Crippen molar-refractivity contribution in [2.75, 3.05) is 5.32 Å². The molecule has 1 rings (SSSR count). The van der Waals surface area contributed by atoms with Crippen molar-refractivity contribution in [2.45, 2.75) is 6.92 Å². The SMILES string of the molecule is BC(=O)Nc1ccc(C(=C)C)cn1. The lowest BCUT2D eigenvalue weighted by atomic mass is 10.1. The third-order valence-electron chi connectivity index (χ3n) is 1.56. The molecule has 1 N–H and O–H groups in total. The first kappa shape index (κ1) is 9.51. The van der Waals surface area contributed by atoms with Crippen LogP contribution in [0.3, 0.4) is 0 Å². The molecule has 66 valence electrons. The predicted molar refractivity (Wildman–Crippen MR) is 56.5 cm³/mol. The summed E-state index contributed by atoms with van der Waals surface area (Å²) in [5, 5.41) is 2.59. The highest BCUT2D eigenvalue weighted by Crippen LogP contribution is 2.11. The number of anilines is 1. The number of carbonyl (C=O) groups is 1. The first-order valence-electron chi connectivity index (χ1n) is 3.99. The van der Waals surface area contributed by atoms with E-state index in [9.17, 15) is 4.79 Å². The summed E-state index contributed by atoms with van der Waals surface area (Å²) in [5.41, 5.74) is 1.94. The van der Waals surface area contributed by atoms with Crippen molar-refractivity contribution < 1.29 is 4.79 Å². The number of hydrogen-bond acceptors (Lipinski definition) is 2. The van der Waals surface area contributed by atoms with Gasteiger partial charge in [0.1, 0.15) is 5.82 Å². The molecule has 0 atom stereocenters. The fourth-order valence-corrected chi connectivity index (χ4v) is 0.901. The van der Waals surface area contributed by atoms with E-state index in [0.29, 0.717) is 5.82 Å². The third kappa shape index (κ3) is 2.74. The van der Waals surface area contributed by atoms with Gasteiger partial charge in [-0.15, -0.1) is 0 Å². The lowest BCUT2D eigenvalue weighted by Gasteiger charge is -2.02. The van der Waals surface area contributed by atoms with Crippen LogP contribution in [0.2, 0.25) is 0 Å². The van der Waals surface area contributed by atoms with Crippen molar-refractivity contribution in [2.24, 2.45) is 0 Å². The van der Waals surface area contributed by atoms with Crippen LogP contribution in [0.5, 0.6) is 0 Å². The molecule has 1 aromatic rings. The van der Waals surface area contributed by atoms with E-state index < -0.39 is 0 Å². The fraction of sp³-hybridized carbons (Fsp3) is 0.111. The van der Waals surface area contributed by atoms with E-state index in [-0.39, 0.29) is 5.81 Å². The van der Waals surface area contributed by atoms with Gasteiger partial charge in [-0.2, -0.15) is 0 Å². The van der Waals surface area contributed by atoms with Gasteiger partial charge in [0.25, 0.3) is 0 Å². The van der Waals surface area contributed by atoms with Crippen molar-refractivity contribution in [3.63, 3.8) is 0 Å². The smallest absolute Gasteiger partial charge is 0.216 e. The molecule has 0 aliphatic rings. The number of nitrogens with zero attached hydrogens (tertiary/aromatic N) is 1. The second-order valence-corrected chi connectivity index (χ2v) is 2.89. The minimum Gasteiger partial charge on any atom is -0.320 e. The molecule has 0 aliphatic carbocycles. The van der Waals surface area contributed by atoms with Crippen LogP contribution in [0.25, 0.3) is 5.57 Å². The monoisotopic (exact) mass is 174 g/mol. The van der Waals surface area contributed by atoms with Gasteiger partial charge in [0.2, 0.25) is 7.85 Å². The van der Waals surface area contributed by atoms with Crippen LogP contribution >= 0.6 is 0 Å². The second-order valence-electron chi connectivity index (χ2n) is 2.89. The number of carbonyl (C=O) groups excluding carboxylic acids is 1. The Morgan fingerprint density at radius 3 is 2.69 bits per heavy atom. The van der Waals surface area contributed by atoms with Crippen LogP contribution in [0.4, 0.5) is 10.6 Å². The Morgan fingerprint density at radius 2 is 2.31 bits per heavy atom. The molecule has 0 radical (unpaired) electrons. The molecule has 1 amide bonds. The standard InChI is InChI=1S/C9H11BN2O/c1-6(2)7-3-4-8(11-5-7)12-9(10)13/h3-5H,1,10H2,2H3,(H,11,12,13). The zero-order valence-corrected chi connectivity index (χ0v) is 7.79. The molecule has 0 bridgehead atoms. The first-order valence-corrected chi connectivity index (χ1v) is 3.99. The summed E-state index contributed by atoms with van der Waals surface area (Å²) < 4.78 is 0. The van der Waals surface area contributed by atoms with Crippen LogP contribution in [-0.2, 0) is 0 Å². The Hall–Kier alpha value is -1.58. The first-order chi connectivity index (χ1) is 6.09. The molecule has 0 saturated heterocycles. The van der Waals surface area contributed by atoms with Gasteiger partial charge in [-0.25, -0.2) is 4.98 Å². The lowest BCUT2D eigenvalue weighted by molar-refractivity contribution is 0.268. The highest BCUT2D eigenvalue weighted by Gasteiger charge is 1.97. The van der Waals surface area contributed by atoms with Crippen molar-refractivity contribution in [3.05, 3.63) is 30.5 Å². The van der Waals surface area contributed by atoms with Gasteiger partial charge in [0.05, 0.1) is 0 Å². The number of pyridine rings is 1. The molecule has 1 heterocycles. The number of rotatable bonds is 2. The number of hydrogen-bond donors (Lipinski definition) is 1. The maximum absolute atomic E-state index is 10.7. The number of aromatic nitrogens is 1. The summed E-state index contributed by atoms with van der Waals surface area (Å²) in [6.07, 6.45) is 1.69. The van der Waals surface area contributed by atoms with Gasteiger partial charge >= 0.3 is 0 Å². The van der Waals surface area contributed by atoms with Gasteiger partial charge in [-0.3, -0.25) is 4.79 Å². The van der Waals surface area contributed by atoms with Crippen molar-refractivity contribution >= 4 is 25.0 Å². The molecule has 0 fully saturated rings. The highest BCUT2D eigenvalue weighted by molar-refractivity contribution is 6.60. The van der Waals surface area contributed by atoms with Crippen LogP contribution in [-0.4, -0.2) is 18.6 Å². The number of nitrogens with one attached hydrogen (secondary N) is 1. The van der Waals surface area contributed by atoms with E-state index in [4.69, 9.17) is 0 Å². The Morgan fingerprint density at radius 1 is 1.62 bits per heavy atom. The number of amides is 1. The van der Waals surface area contributed by atoms with Gasteiger partial charge < -0.3 is 5.32 Å². The molecular formula is C9H11BN2O. The van der Waals surface area contributed by atoms with Crippen LogP contribution in [0, 0.1) is 0 Å². The molecule has 3 nitrogen and oxygen atoms in total. The fourth-order valence-electron chi connectivity index (χ4n) is 0.901. The number of allylic oxidation sites excluding steroid dienone is 1. The Bertz CT molecular complexity index is 332. The maximum atomic E-state index is 10.7. The molecule has 0 aromatic carbocycles. The van der Waals surface area contributed by atoms with Gasteiger partial charge in [-0.05, 0) is 30.2 Å². The molecule has 0 aliphatic heterocycles. The minimum absolute atomic E-state index is 0.115. The zero-order chi connectivity index (χ0) is 9.84. The van der Waals surface area contributed by atoms with Gasteiger partial charge in [-0.1, -0.05) is 6.58 Å². The van der Waals surface area contributed by atoms with E-state index in [1.165, 1.54) is 7.85 Å². The molecule has 4 heteroatoms. The van der Waals surface area contributed by atoms with E-state index in [1.807, 2.05) is 13.0 Å². The van der Waals surface area contributed by atoms with Crippen LogP contribution in [0.15, 0.2) is 24.9 Å². The van der Waals surface area contributed by atoms with Crippen LogP contribution in [0.1, 0.15) is 12.5 Å². The summed E-state index contributed by atoms with van der Waals surface area (Å²) in [4.78, 5) is 14.7. The van der Waals surface area contributed by atoms with Crippen molar-refractivity contribution in [3.8, 4) is 0 Å². The summed E-state index contributed by atoms with van der Waals surface area (Å²) in [7, 11) is 1.45. The normalized spacial score (nSPS) is 9.31. The van der Waals surface area contributed by atoms with E-state index in [0.717, 1.165) is 11.1 Å². The third-order valence-corrected chi connectivity index (χ3v) is 1.56. The van der Waals surface area contributed by atoms with E-state index in [1.54, 1.807) is 12.3 Å². The van der Waals surface area contributed by atoms with Gasteiger partial charge in [0, 0.05) is 6.20 Å². The van der Waals surface area contributed by atoms with Crippen molar-refractivity contribution in [1.82, 2.24) is 4.98 Å². The molecule has 13 heavy (non-hydrogen) atoms. The van der Waals surface area contributed by atoms with E-state index in [2.05, 4.69) is 16.9 Å². The quantitative estimate of drug-likeness (QED) is 0.686. The van der Waals surface area contributed by atoms with Crippen LogP contribution < -0.4 is 5.32 Å². The molecule has 0 unspecified atom stereocenters. The lowest BCUT2D eigenvalue weighted by Crippen LogP contribution is -2.09.